The molecule has 0 radical (unpaired) electrons. The molecule has 4 atom stereocenters. The molecule has 6 heteroatoms. The molecule has 1 heterocycles. The molecule has 0 spiro atoms. The fourth-order valence-electron chi connectivity index (χ4n) is 3.44. The summed E-state index contributed by atoms with van der Waals surface area (Å²) in [6.45, 7) is 10.3. The van der Waals surface area contributed by atoms with Gasteiger partial charge >= 0.3 is 0 Å². The van der Waals surface area contributed by atoms with Gasteiger partial charge in [0.1, 0.15) is 19.8 Å². The van der Waals surface area contributed by atoms with Crippen LogP contribution in [0.15, 0.2) is 10.5 Å². The van der Waals surface area contributed by atoms with Gasteiger partial charge in [-0.05, 0) is 88.0 Å². The van der Waals surface area contributed by atoms with Gasteiger partial charge < -0.3 is 4.55 Å². The van der Waals surface area contributed by atoms with Crippen LogP contribution in [-0.4, -0.2) is 24.8 Å². The van der Waals surface area contributed by atoms with E-state index >= 15 is 0 Å². The van der Waals surface area contributed by atoms with Crippen LogP contribution in [0.4, 0.5) is 0 Å². The fraction of sp³-hybridized carbons (Fsp3) is 0.750. The molecule has 4 nitrogen and oxygen atoms in total. The maximum atomic E-state index is 12.1. The quantitative estimate of drug-likeness (QED) is 0.533. The predicted octanol–water partition coefficient (Wildman–Crippen LogP) is 4.10. The first kappa shape index (κ1) is 16.8. The average molecular weight is 433 g/mol. The zero-order valence-corrected chi connectivity index (χ0v) is 16.8. The molecule has 0 amide bonds. The molecule has 0 aliphatic heterocycles. The van der Waals surface area contributed by atoms with Gasteiger partial charge in [-0.25, -0.2) is 0 Å². The summed E-state index contributed by atoms with van der Waals surface area (Å²) in [6.07, 6.45) is 2.02. The summed E-state index contributed by atoms with van der Waals surface area (Å²) in [5.74, 6) is 1.99. The second-order valence-electron chi connectivity index (χ2n) is 7.71. The lowest BCUT2D eigenvalue weighted by molar-refractivity contribution is 0.501. The third kappa shape index (κ3) is 3.11. The Labute approximate surface area is 149 Å². The molecule has 122 valence electrons. The second kappa shape index (κ2) is 5.77. The zero-order chi connectivity index (χ0) is 16.2. The van der Waals surface area contributed by atoms with Crippen molar-refractivity contribution in [3.63, 3.8) is 0 Å². The molecule has 3 rings (SSSR count). The van der Waals surface area contributed by atoms with E-state index in [1.807, 2.05) is 20.8 Å². The van der Waals surface area contributed by atoms with Crippen molar-refractivity contribution >= 4 is 39.7 Å². The van der Waals surface area contributed by atoms with Crippen molar-refractivity contribution in [1.82, 2.24) is 9.78 Å². The predicted molar refractivity (Wildman–Crippen MR) is 99.6 cm³/mol. The van der Waals surface area contributed by atoms with Gasteiger partial charge in [0.05, 0.1) is 5.71 Å². The summed E-state index contributed by atoms with van der Waals surface area (Å²) in [7, 11) is 0. The number of halogens is 1. The van der Waals surface area contributed by atoms with Crippen LogP contribution in [0.25, 0.3) is 0 Å². The molecular formula is C16H24IN3OS. The fourth-order valence-corrected chi connectivity index (χ4v) is 4.65. The second-order valence-corrected chi connectivity index (χ2v) is 10.7. The Morgan fingerprint density at radius 1 is 1.36 bits per heavy atom. The number of nitrogens with zero attached hydrogens (tertiary/aromatic N) is 3. The number of fused-ring (bicyclic) bond motifs is 1. The average Bonchev–Trinajstić information content (AvgIpc) is 2.74. The Morgan fingerprint density at radius 2 is 1.95 bits per heavy atom. The van der Waals surface area contributed by atoms with Gasteiger partial charge in [-0.2, -0.15) is 5.10 Å². The van der Waals surface area contributed by atoms with E-state index in [0.29, 0.717) is 23.8 Å². The zero-order valence-electron chi connectivity index (χ0n) is 13.8. The lowest BCUT2D eigenvalue weighted by Gasteiger charge is -2.19. The third-order valence-corrected chi connectivity index (χ3v) is 6.57. The smallest absolute Gasteiger partial charge is 0.144 e. The number of hydrogen-bond acceptors (Lipinski definition) is 3. The van der Waals surface area contributed by atoms with Crippen molar-refractivity contribution in [3.05, 3.63) is 15.5 Å². The van der Waals surface area contributed by atoms with Gasteiger partial charge in [0.15, 0.2) is 0 Å². The molecule has 0 unspecified atom stereocenters. The number of rotatable bonds is 3. The summed E-state index contributed by atoms with van der Waals surface area (Å²) in [5.41, 5.74) is 2.54. The lowest BCUT2D eigenvalue weighted by atomic mass is 10.1. The summed E-state index contributed by atoms with van der Waals surface area (Å²) >= 11 is 1.18. The van der Waals surface area contributed by atoms with Gasteiger partial charge in [0, 0.05) is 17.7 Å². The van der Waals surface area contributed by atoms with Crippen molar-refractivity contribution in [2.45, 2.75) is 64.2 Å². The van der Waals surface area contributed by atoms with E-state index in [2.05, 4.69) is 56.7 Å². The summed E-state index contributed by atoms with van der Waals surface area (Å²) in [4.78, 5) is 0. The van der Waals surface area contributed by atoms with Crippen LogP contribution in [0.5, 0.6) is 0 Å². The first-order valence-corrected chi connectivity index (χ1v) is 10.1. The van der Waals surface area contributed by atoms with E-state index in [-0.39, 0.29) is 4.75 Å². The Kier molecular flexibility index (Phi) is 4.40. The van der Waals surface area contributed by atoms with Gasteiger partial charge in [0.25, 0.3) is 0 Å². The first-order valence-electron chi connectivity index (χ1n) is 7.92. The summed E-state index contributed by atoms with van der Waals surface area (Å²) < 4.78 is 19.6. The highest BCUT2D eigenvalue weighted by molar-refractivity contribution is 14.1. The SMILES string of the molecule is CC(C)n1nc(I)cc1[C@@H]1[C@@H]2CC(=N[S@@+]([O-])C(C)(C)C)C[C@@H]21. The van der Waals surface area contributed by atoms with Crippen LogP contribution in [0.1, 0.15) is 65.1 Å². The molecule has 0 aromatic carbocycles. The third-order valence-electron chi connectivity index (χ3n) is 4.58. The van der Waals surface area contributed by atoms with Crippen molar-refractivity contribution in [2.75, 3.05) is 0 Å². The van der Waals surface area contributed by atoms with Crippen LogP contribution < -0.4 is 0 Å². The van der Waals surface area contributed by atoms with Gasteiger partial charge in [-0.15, -0.1) is 0 Å². The van der Waals surface area contributed by atoms with Crippen LogP contribution in [-0.2, 0) is 11.4 Å². The van der Waals surface area contributed by atoms with Gasteiger partial charge in [0.2, 0.25) is 0 Å². The molecule has 2 fully saturated rings. The van der Waals surface area contributed by atoms with Crippen LogP contribution in [0.2, 0.25) is 0 Å². The lowest BCUT2D eigenvalue weighted by Crippen LogP contribution is -2.26. The monoisotopic (exact) mass is 433 g/mol. The van der Waals surface area contributed by atoms with Crippen molar-refractivity contribution < 1.29 is 4.55 Å². The Bertz CT molecular complexity index is 591. The maximum Gasteiger partial charge on any atom is 0.144 e. The normalized spacial score (nSPS) is 30.9. The number of hydrogen-bond donors (Lipinski definition) is 0. The van der Waals surface area contributed by atoms with Crippen molar-refractivity contribution in [2.24, 2.45) is 16.2 Å². The van der Waals surface area contributed by atoms with Crippen LogP contribution in [0, 0.1) is 15.5 Å². The molecule has 0 saturated heterocycles. The molecule has 1 aromatic heterocycles. The molecule has 1 aromatic rings. The Hall–Kier alpha value is -0.0800. The number of aromatic nitrogens is 2. The molecule has 0 N–H and O–H groups in total. The van der Waals surface area contributed by atoms with E-state index in [0.717, 1.165) is 22.3 Å². The van der Waals surface area contributed by atoms with Gasteiger partial charge in [-0.3, -0.25) is 4.68 Å². The molecular weight excluding hydrogens is 409 g/mol. The minimum absolute atomic E-state index is 0.258. The highest BCUT2D eigenvalue weighted by atomic mass is 127. The summed E-state index contributed by atoms with van der Waals surface area (Å²) in [5, 5.41) is 4.62. The highest BCUT2D eigenvalue weighted by Gasteiger charge is 2.57. The van der Waals surface area contributed by atoms with E-state index in [9.17, 15) is 4.55 Å². The molecule has 2 aliphatic carbocycles. The topological polar surface area (TPSA) is 53.2 Å². The van der Waals surface area contributed by atoms with E-state index in [4.69, 9.17) is 0 Å². The Morgan fingerprint density at radius 3 is 2.45 bits per heavy atom. The van der Waals surface area contributed by atoms with E-state index in [1.165, 1.54) is 5.69 Å². The van der Waals surface area contributed by atoms with Gasteiger partial charge in [-0.1, -0.05) is 4.40 Å². The minimum Gasteiger partial charge on any atom is -0.591 e. The largest absolute Gasteiger partial charge is 0.591 e. The Balaban J connectivity index is 1.70. The van der Waals surface area contributed by atoms with Crippen LogP contribution >= 0.6 is 22.6 Å². The van der Waals surface area contributed by atoms with Crippen molar-refractivity contribution in [3.8, 4) is 0 Å². The first-order chi connectivity index (χ1) is 10.2. The molecule has 22 heavy (non-hydrogen) atoms. The standard InChI is InChI=1S/C16H24IN3OS/c1-9(2)20-13(8-14(17)18-20)15-11-6-10(7-12(11)15)19-22(21)16(3,4)5/h8-9,11-12,15H,6-7H2,1-5H3/t11-,12+,15-,22-/m0/s1. The maximum absolute atomic E-state index is 12.1. The minimum atomic E-state index is -1.12. The van der Waals surface area contributed by atoms with Crippen LogP contribution in [0.3, 0.4) is 0 Å². The molecule has 2 aliphatic rings. The van der Waals surface area contributed by atoms with E-state index < -0.39 is 11.4 Å². The van der Waals surface area contributed by atoms with Crippen molar-refractivity contribution in [1.29, 1.82) is 0 Å². The summed E-state index contributed by atoms with van der Waals surface area (Å²) in [6, 6.07) is 2.63. The highest BCUT2D eigenvalue weighted by Crippen LogP contribution is 2.62. The van der Waals surface area contributed by atoms with E-state index in [1.54, 1.807) is 0 Å². The molecule has 0 bridgehead atoms. The molecule has 2 saturated carbocycles.